The molecule has 1 amide bonds. The summed E-state index contributed by atoms with van der Waals surface area (Å²) in [7, 11) is -6.97. The fourth-order valence-electron chi connectivity index (χ4n) is 2.90. The van der Waals surface area contributed by atoms with Gasteiger partial charge in [0.15, 0.2) is 9.84 Å². The van der Waals surface area contributed by atoms with Gasteiger partial charge in [-0.1, -0.05) is 18.2 Å². The first-order chi connectivity index (χ1) is 12.6. The predicted molar refractivity (Wildman–Crippen MR) is 103 cm³/mol. The Kier molecular flexibility index (Phi) is 5.25. The number of hydrogen-bond donors (Lipinski definition) is 2. The molecule has 1 heterocycles. The van der Waals surface area contributed by atoms with E-state index >= 15 is 0 Å². The number of sulfone groups is 1. The largest absolute Gasteiger partial charge is 0.348 e. The molecule has 0 spiro atoms. The van der Waals surface area contributed by atoms with E-state index in [0.29, 0.717) is 12.1 Å². The summed E-state index contributed by atoms with van der Waals surface area (Å²) in [4.78, 5) is 12.3. The zero-order chi connectivity index (χ0) is 19.7. The summed E-state index contributed by atoms with van der Waals surface area (Å²) >= 11 is 0. The van der Waals surface area contributed by atoms with E-state index in [0.717, 1.165) is 5.56 Å². The van der Waals surface area contributed by atoms with E-state index in [-0.39, 0.29) is 22.0 Å². The van der Waals surface area contributed by atoms with E-state index < -0.39 is 31.8 Å². The number of sulfonamides is 1. The van der Waals surface area contributed by atoms with Gasteiger partial charge < -0.3 is 5.32 Å². The van der Waals surface area contributed by atoms with E-state index in [9.17, 15) is 21.6 Å². The smallest absolute Gasteiger partial charge is 0.261 e. The molecule has 0 radical (unpaired) electrons. The molecule has 1 aliphatic heterocycles. The van der Waals surface area contributed by atoms with Gasteiger partial charge in [0.25, 0.3) is 15.9 Å². The van der Waals surface area contributed by atoms with Gasteiger partial charge in [-0.25, -0.2) is 16.8 Å². The second kappa shape index (κ2) is 7.32. The van der Waals surface area contributed by atoms with Crippen LogP contribution in [-0.2, 0) is 19.9 Å². The fourth-order valence-corrected chi connectivity index (χ4v) is 5.67. The topological polar surface area (TPSA) is 109 Å². The third-order valence-electron chi connectivity index (χ3n) is 4.24. The van der Waals surface area contributed by atoms with E-state index in [4.69, 9.17) is 0 Å². The third-order valence-corrected chi connectivity index (χ3v) is 7.39. The molecule has 144 valence electrons. The zero-order valence-electron chi connectivity index (χ0n) is 14.7. The summed E-state index contributed by atoms with van der Waals surface area (Å²) in [5.74, 6) is -0.539. The summed E-state index contributed by atoms with van der Waals surface area (Å²) in [5.41, 5.74) is 1.50. The van der Waals surface area contributed by atoms with Gasteiger partial charge in [-0.3, -0.25) is 9.52 Å². The molecule has 0 aromatic heterocycles. The average Bonchev–Trinajstić information content (AvgIpc) is 2.93. The maximum atomic E-state index is 12.6. The zero-order valence-corrected chi connectivity index (χ0v) is 16.3. The molecule has 1 saturated heterocycles. The van der Waals surface area contributed by atoms with Crippen LogP contribution in [0.15, 0.2) is 53.4 Å². The van der Waals surface area contributed by atoms with Crippen molar-refractivity contribution in [2.45, 2.75) is 24.3 Å². The first kappa shape index (κ1) is 19.4. The van der Waals surface area contributed by atoms with Crippen molar-refractivity contribution in [3.05, 3.63) is 59.7 Å². The molecule has 0 bridgehead atoms. The first-order valence-corrected chi connectivity index (χ1v) is 11.7. The Labute approximate surface area is 158 Å². The molecule has 2 aromatic rings. The number of amides is 1. The van der Waals surface area contributed by atoms with Crippen LogP contribution in [-0.4, -0.2) is 40.3 Å². The quantitative estimate of drug-likeness (QED) is 0.783. The van der Waals surface area contributed by atoms with Crippen LogP contribution in [0.1, 0.15) is 22.3 Å². The lowest BCUT2D eigenvalue weighted by Crippen LogP contribution is -2.35. The Hall–Kier alpha value is -2.39. The van der Waals surface area contributed by atoms with E-state index in [1.807, 2.05) is 13.0 Å². The minimum absolute atomic E-state index is 0.0456. The summed E-state index contributed by atoms with van der Waals surface area (Å²) in [6, 6.07) is 12.1. The van der Waals surface area contributed by atoms with Gasteiger partial charge >= 0.3 is 0 Å². The Balaban J connectivity index is 1.77. The summed E-state index contributed by atoms with van der Waals surface area (Å²) in [6.45, 7) is 1.85. The number of anilines is 1. The Bertz CT molecular complexity index is 1080. The van der Waals surface area contributed by atoms with Crippen LogP contribution < -0.4 is 10.0 Å². The Morgan fingerprint density at radius 3 is 2.52 bits per heavy atom. The summed E-state index contributed by atoms with van der Waals surface area (Å²) in [5, 5.41) is 2.65. The Morgan fingerprint density at radius 1 is 1.11 bits per heavy atom. The molecule has 2 N–H and O–H groups in total. The monoisotopic (exact) mass is 408 g/mol. The molecule has 1 fully saturated rings. The molecular formula is C18H20N2O5S2. The lowest BCUT2D eigenvalue weighted by atomic mass is 10.2. The van der Waals surface area contributed by atoms with Crippen molar-refractivity contribution in [1.82, 2.24) is 5.32 Å². The molecule has 1 atom stereocenters. The van der Waals surface area contributed by atoms with Gasteiger partial charge in [-0.05, 0) is 49.2 Å². The van der Waals surface area contributed by atoms with Crippen LogP contribution in [0.25, 0.3) is 0 Å². The highest BCUT2D eigenvalue weighted by Gasteiger charge is 2.29. The van der Waals surface area contributed by atoms with E-state index in [1.54, 1.807) is 18.2 Å². The van der Waals surface area contributed by atoms with Crippen molar-refractivity contribution >= 4 is 31.5 Å². The molecule has 9 heteroatoms. The number of carbonyl (C=O) groups is 1. The number of hydrogen-bond acceptors (Lipinski definition) is 5. The van der Waals surface area contributed by atoms with Crippen molar-refractivity contribution in [2.24, 2.45) is 0 Å². The highest BCUT2D eigenvalue weighted by atomic mass is 32.2. The maximum absolute atomic E-state index is 12.6. The molecule has 0 saturated carbocycles. The minimum Gasteiger partial charge on any atom is -0.348 e. The summed E-state index contributed by atoms with van der Waals surface area (Å²) in [6.07, 6.45) is 0.362. The van der Waals surface area contributed by atoms with Crippen LogP contribution in [0.5, 0.6) is 0 Å². The third kappa shape index (κ3) is 4.86. The predicted octanol–water partition coefficient (Wildman–Crippen LogP) is 1.71. The van der Waals surface area contributed by atoms with E-state index in [2.05, 4.69) is 10.0 Å². The molecule has 1 unspecified atom stereocenters. The number of carbonyl (C=O) groups excluding carboxylic acids is 1. The van der Waals surface area contributed by atoms with Crippen LogP contribution in [0.4, 0.5) is 5.69 Å². The number of aryl methyl sites for hydroxylation is 1. The normalized spacial score (nSPS) is 18.8. The van der Waals surface area contributed by atoms with Crippen molar-refractivity contribution in [3.8, 4) is 0 Å². The molecule has 3 rings (SSSR count). The van der Waals surface area contributed by atoms with Gasteiger partial charge in [0.2, 0.25) is 0 Å². The standard InChI is InChI=1S/C18H20N2O5S2/c1-13-4-2-6-15(10-13)20-27(24,25)17-7-3-5-14(11-17)18(21)19-16-8-9-26(22,23)12-16/h2-7,10-11,16,20H,8-9,12H2,1H3,(H,19,21). The number of rotatable bonds is 5. The number of nitrogens with one attached hydrogen (secondary N) is 2. The van der Waals surface area contributed by atoms with Crippen molar-refractivity contribution < 1.29 is 21.6 Å². The molecular weight excluding hydrogens is 388 g/mol. The summed E-state index contributed by atoms with van der Waals surface area (Å²) < 4.78 is 50.7. The lowest BCUT2D eigenvalue weighted by molar-refractivity contribution is 0.0941. The molecule has 27 heavy (non-hydrogen) atoms. The fraction of sp³-hybridized carbons (Fsp3) is 0.278. The molecule has 0 aliphatic carbocycles. The molecule has 1 aliphatic rings. The van der Waals surface area contributed by atoms with Gasteiger partial charge in [0.05, 0.1) is 16.4 Å². The van der Waals surface area contributed by atoms with Crippen molar-refractivity contribution in [2.75, 3.05) is 16.2 Å². The average molecular weight is 409 g/mol. The Morgan fingerprint density at radius 2 is 1.85 bits per heavy atom. The van der Waals surface area contributed by atoms with Gasteiger partial charge in [0.1, 0.15) is 0 Å². The lowest BCUT2D eigenvalue weighted by Gasteiger charge is -2.12. The van der Waals surface area contributed by atoms with Crippen LogP contribution >= 0.6 is 0 Å². The SMILES string of the molecule is Cc1cccc(NS(=O)(=O)c2cccc(C(=O)NC3CCS(=O)(=O)C3)c2)c1. The molecule has 7 nitrogen and oxygen atoms in total. The van der Waals surface area contributed by atoms with E-state index in [1.165, 1.54) is 24.3 Å². The van der Waals surface area contributed by atoms with Gasteiger partial charge in [-0.15, -0.1) is 0 Å². The second-order valence-electron chi connectivity index (χ2n) is 6.58. The van der Waals surface area contributed by atoms with Crippen LogP contribution in [0.2, 0.25) is 0 Å². The minimum atomic E-state index is -3.86. The molecule has 2 aromatic carbocycles. The van der Waals surface area contributed by atoms with Crippen LogP contribution in [0.3, 0.4) is 0 Å². The van der Waals surface area contributed by atoms with Crippen LogP contribution in [0, 0.1) is 6.92 Å². The second-order valence-corrected chi connectivity index (χ2v) is 10.5. The highest BCUT2D eigenvalue weighted by molar-refractivity contribution is 7.92. The van der Waals surface area contributed by atoms with Gasteiger partial charge in [0, 0.05) is 17.3 Å². The van der Waals surface area contributed by atoms with Gasteiger partial charge in [-0.2, -0.15) is 0 Å². The highest BCUT2D eigenvalue weighted by Crippen LogP contribution is 2.19. The van der Waals surface area contributed by atoms with Crippen molar-refractivity contribution in [1.29, 1.82) is 0 Å². The van der Waals surface area contributed by atoms with Crippen molar-refractivity contribution in [3.63, 3.8) is 0 Å². The maximum Gasteiger partial charge on any atom is 0.261 e. The first-order valence-electron chi connectivity index (χ1n) is 8.35. The number of benzene rings is 2.